The second-order valence-corrected chi connectivity index (χ2v) is 11.7. The molecule has 3 aromatic rings. The number of benzene rings is 2. The van der Waals surface area contributed by atoms with Crippen LogP contribution in [0.25, 0.3) is 0 Å². The lowest BCUT2D eigenvalue weighted by Crippen LogP contribution is -2.45. The van der Waals surface area contributed by atoms with Crippen molar-refractivity contribution in [3.05, 3.63) is 70.4 Å². The summed E-state index contributed by atoms with van der Waals surface area (Å²) < 4.78 is 54.1. The first-order chi connectivity index (χ1) is 19.1. The first-order valence-electron chi connectivity index (χ1n) is 10.9. The molecule has 0 radical (unpaired) electrons. The van der Waals surface area contributed by atoms with Gasteiger partial charge >= 0.3 is 24.0 Å². The van der Waals surface area contributed by atoms with Crippen molar-refractivity contribution >= 4 is 67.4 Å². The Bertz CT molecular complexity index is 1810. The molecular weight excluding hydrogens is 608 g/mol. The number of sulfonamides is 2. The Morgan fingerprint density at radius 2 is 1.27 bits per heavy atom. The summed E-state index contributed by atoms with van der Waals surface area (Å²) in [6.07, 6.45) is 0. The predicted octanol–water partition coefficient (Wildman–Crippen LogP) is 1.64. The van der Waals surface area contributed by atoms with E-state index < -0.39 is 81.9 Å². The van der Waals surface area contributed by atoms with Gasteiger partial charge in [-0.15, -0.1) is 4.31 Å². The minimum absolute atomic E-state index is 0.0966. The lowest BCUT2D eigenvalue weighted by molar-refractivity contribution is 0.0682. The van der Waals surface area contributed by atoms with Gasteiger partial charge in [0.05, 0.1) is 11.1 Å². The van der Waals surface area contributed by atoms with Crippen molar-refractivity contribution in [2.45, 2.75) is 16.7 Å². The number of rotatable bonds is 8. The Hall–Kier alpha value is -4.81. The first-order valence-corrected chi connectivity index (χ1v) is 14.1. The van der Waals surface area contributed by atoms with Gasteiger partial charge in [-0.25, -0.2) is 36.0 Å². The minimum Gasteiger partial charge on any atom is -0.478 e. The lowest BCUT2D eigenvalue weighted by Gasteiger charge is -2.25. The van der Waals surface area contributed by atoms with Gasteiger partial charge in [-0.05, 0) is 31.2 Å². The van der Waals surface area contributed by atoms with Crippen LogP contribution in [-0.2, 0) is 20.0 Å². The number of amides is 4. The summed E-state index contributed by atoms with van der Waals surface area (Å²) in [5, 5.41) is 20.3. The fourth-order valence-corrected chi connectivity index (χ4v) is 6.60. The normalized spacial score (nSPS) is 11.4. The van der Waals surface area contributed by atoms with Gasteiger partial charge in [0.2, 0.25) is 0 Å². The van der Waals surface area contributed by atoms with Crippen molar-refractivity contribution in [1.82, 2.24) is 15.3 Å². The third kappa shape index (κ3) is 5.60. The Kier molecular flexibility index (Phi) is 8.51. The zero-order valence-corrected chi connectivity index (χ0v) is 23.2. The molecule has 0 fully saturated rings. The van der Waals surface area contributed by atoms with Crippen LogP contribution in [0.5, 0.6) is 0 Å². The molecule has 0 atom stereocenters. The molecule has 0 aliphatic heterocycles. The van der Waals surface area contributed by atoms with E-state index in [1.54, 1.807) is 0 Å². The molecule has 41 heavy (non-hydrogen) atoms. The number of aromatic carboxylic acids is 2. The van der Waals surface area contributed by atoms with Crippen molar-refractivity contribution < 1.29 is 46.2 Å². The predicted molar refractivity (Wildman–Crippen MR) is 142 cm³/mol. The highest BCUT2D eigenvalue weighted by Crippen LogP contribution is 2.33. The van der Waals surface area contributed by atoms with Crippen molar-refractivity contribution in [3.63, 3.8) is 0 Å². The summed E-state index contributed by atoms with van der Waals surface area (Å²) in [7, 11) is -9.28. The average molecular weight is 627 g/mol. The Morgan fingerprint density at radius 3 is 1.68 bits per heavy atom. The minimum atomic E-state index is -5.16. The molecule has 0 aliphatic carbocycles. The maximum absolute atomic E-state index is 13.6. The van der Waals surface area contributed by atoms with Crippen LogP contribution in [0.2, 0.25) is 5.15 Å². The van der Waals surface area contributed by atoms with E-state index in [4.69, 9.17) is 17.3 Å². The third-order valence-electron chi connectivity index (χ3n) is 5.29. The van der Waals surface area contributed by atoms with Gasteiger partial charge in [0.1, 0.15) is 14.9 Å². The average Bonchev–Trinajstić information content (AvgIpc) is 2.90. The summed E-state index contributed by atoms with van der Waals surface area (Å²) in [6.45, 7) is 1.13. The molecule has 16 nitrogen and oxygen atoms in total. The number of nitrogens with one attached hydrogen (secondary N) is 1. The Morgan fingerprint density at radius 1 is 0.829 bits per heavy atom. The third-order valence-corrected chi connectivity index (χ3v) is 9.13. The lowest BCUT2D eigenvalue weighted by atomic mass is 10.2. The summed E-state index contributed by atoms with van der Waals surface area (Å²) in [4.78, 5) is 54.5. The number of hydrogen-bond donors (Lipinski definition) is 4. The molecule has 1 heterocycles. The summed E-state index contributed by atoms with van der Waals surface area (Å²) in [5.74, 6) is -5.36. The van der Waals surface area contributed by atoms with Crippen molar-refractivity contribution in [2.75, 3.05) is 15.7 Å². The monoisotopic (exact) mass is 626 g/mol. The van der Waals surface area contributed by atoms with Crippen LogP contribution in [0.1, 0.15) is 26.3 Å². The van der Waals surface area contributed by atoms with Crippen LogP contribution in [0.3, 0.4) is 0 Å². The van der Waals surface area contributed by atoms with Crippen LogP contribution >= 0.6 is 11.6 Å². The second kappa shape index (κ2) is 11.4. The number of carbonyl (C=O) groups is 4. The zero-order valence-electron chi connectivity index (χ0n) is 20.8. The number of hydrogen-bond acceptors (Lipinski definition) is 10. The molecule has 0 bridgehead atoms. The number of primary amides is 1. The topological polar surface area (TPSA) is 247 Å². The Balaban J connectivity index is 2.37. The number of carbonyl (C=O) groups excluding carboxylic acids is 2. The van der Waals surface area contributed by atoms with E-state index in [9.17, 15) is 46.2 Å². The van der Waals surface area contributed by atoms with E-state index in [1.807, 2.05) is 5.32 Å². The molecule has 19 heteroatoms. The van der Waals surface area contributed by atoms with Crippen molar-refractivity contribution in [1.29, 1.82) is 0 Å². The van der Waals surface area contributed by atoms with Gasteiger partial charge in [-0.2, -0.15) is 14.3 Å². The van der Waals surface area contributed by atoms with E-state index >= 15 is 0 Å². The number of carboxylic acids is 2. The maximum Gasteiger partial charge on any atom is 0.338 e. The van der Waals surface area contributed by atoms with Crippen LogP contribution in [0.15, 0.2) is 58.3 Å². The SMILES string of the molecule is CNC(=O)N(c1nc(Cl)c(C)c(N(C(N)=O)S(=O)(=O)c2ccccc2C(=O)O)n1)S(=O)(=O)c1ccccc1C(=O)O. The fraction of sp³-hybridized carbons (Fsp3) is 0.0909. The van der Waals surface area contributed by atoms with Crippen molar-refractivity contribution in [3.8, 4) is 0 Å². The molecule has 2 aromatic carbocycles. The molecule has 4 amide bonds. The van der Waals surface area contributed by atoms with E-state index in [0.717, 1.165) is 38.2 Å². The highest BCUT2D eigenvalue weighted by molar-refractivity contribution is 7.94. The Labute approximate surface area is 237 Å². The first kappa shape index (κ1) is 30.7. The number of anilines is 2. The van der Waals surface area contributed by atoms with Crippen LogP contribution in [-0.4, -0.2) is 68.1 Å². The maximum atomic E-state index is 13.6. The largest absolute Gasteiger partial charge is 0.478 e. The van der Waals surface area contributed by atoms with Crippen LogP contribution in [0, 0.1) is 6.92 Å². The summed E-state index contributed by atoms with van der Waals surface area (Å²) >= 11 is 6.15. The molecule has 0 saturated heterocycles. The van der Waals surface area contributed by atoms with Gasteiger partial charge in [-0.1, -0.05) is 35.9 Å². The van der Waals surface area contributed by atoms with Gasteiger partial charge < -0.3 is 21.3 Å². The highest BCUT2D eigenvalue weighted by Gasteiger charge is 2.40. The number of nitrogens with two attached hydrogens (primary N) is 1. The highest BCUT2D eigenvalue weighted by atomic mass is 35.5. The number of nitrogens with zero attached hydrogens (tertiary/aromatic N) is 4. The standard InChI is InChI=1S/C22H19ClN6O10S2/c1-11-16(23)26-21(29(22(35)25-2)41(38,39)15-10-6-4-8-13(15)19(32)33)27-17(11)28(20(24)34)40(36,37)14-9-5-3-7-12(14)18(30)31/h3-10H,1-2H3,(H2,24,34)(H,25,35)(H,30,31)(H,32,33). The molecule has 0 spiro atoms. The molecule has 216 valence electrons. The van der Waals surface area contributed by atoms with E-state index in [0.29, 0.717) is 0 Å². The molecule has 1 aromatic heterocycles. The van der Waals surface area contributed by atoms with E-state index in [1.165, 1.54) is 24.3 Å². The number of carboxylic acid groups (broad SMARTS) is 2. The van der Waals surface area contributed by atoms with E-state index in [-0.39, 0.29) is 14.2 Å². The molecular formula is C22H19ClN6O10S2. The smallest absolute Gasteiger partial charge is 0.338 e. The molecule has 5 N–H and O–H groups in total. The molecule has 3 rings (SSSR count). The fourth-order valence-electron chi connectivity index (χ4n) is 3.43. The molecule has 0 saturated carbocycles. The van der Waals surface area contributed by atoms with Crippen LogP contribution in [0.4, 0.5) is 21.4 Å². The molecule has 0 unspecified atom stereocenters. The van der Waals surface area contributed by atoms with Crippen LogP contribution < -0.4 is 19.7 Å². The van der Waals surface area contributed by atoms with Gasteiger partial charge in [0, 0.05) is 12.6 Å². The number of halogens is 1. The number of aromatic nitrogens is 2. The van der Waals surface area contributed by atoms with Crippen molar-refractivity contribution in [2.24, 2.45) is 5.73 Å². The second-order valence-electron chi connectivity index (χ2n) is 7.80. The molecule has 0 aliphatic rings. The van der Waals surface area contributed by atoms with Gasteiger partial charge in [0.25, 0.3) is 26.0 Å². The van der Waals surface area contributed by atoms with E-state index in [2.05, 4.69) is 9.97 Å². The van der Waals surface area contributed by atoms with Gasteiger partial charge in [-0.3, -0.25) is 0 Å². The van der Waals surface area contributed by atoms with Gasteiger partial charge in [0.15, 0.2) is 5.82 Å². The summed E-state index contributed by atoms with van der Waals surface area (Å²) in [5.41, 5.74) is 3.55. The zero-order chi connectivity index (χ0) is 30.9. The number of urea groups is 2. The summed E-state index contributed by atoms with van der Waals surface area (Å²) in [6, 6.07) is 5.32. The quantitative estimate of drug-likeness (QED) is 0.260.